The number of hydrogen-bond acceptors (Lipinski definition) is 6. The number of rotatable bonds is 6. The number of halogens is 1. The molecular weight excluding hydrogens is 312 g/mol. The Morgan fingerprint density at radius 1 is 1.24 bits per heavy atom. The van der Waals surface area contributed by atoms with Gasteiger partial charge in [0.2, 0.25) is 0 Å². The summed E-state index contributed by atoms with van der Waals surface area (Å²) in [7, 11) is 5.18. The van der Waals surface area contributed by atoms with Crippen LogP contribution in [0.5, 0.6) is 11.5 Å². The number of methoxy groups -OCH3 is 2. The number of hydrogen-bond donors (Lipinski definition) is 1. The monoisotopic (exact) mass is 330 g/mol. The molecule has 2 N–H and O–H groups in total. The maximum Gasteiger partial charge on any atom is 0.191 e. The Balaban J connectivity index is 0.00000220. The molecule has 2 rings (SSSR count). The summed E-state index contributed by atoms with van der Waals surface area (Å²) in [5.74, 6) is 2.97. The van der Waals surface area contributed by atoms with Crippen LogP contribution in [0.3, 0.4) is 0 Å². The Hall–Kier alpha value is -1.44. The molecule has 21 heavy (non-hydrogen) atoms. The Morgan fingerprint density at radius 2 is 2.00 bits per heavy atom. The predicted molar refractivity (Wildman–Crippen MR) is 85.2 cm³/mol. The maximum absolute atomic E-state index is 5.59. The number of benzene rings is 1. The highest BCUT2D eigenvalue weighted by atomic mass is 35.5. The van der Waals surface area contributed by atoms with Gasteiger partial charge in [-0.25, -0.2) is 0 Å². The van der Waals surface area contributed by atoms with E-state index < -0.39 is 0 Å². The molecule has 116 valence electrons. The minimum Gasteiger partial charge on any atom is -0.493 e. The molecule has 0 saturated carbocycles. The van der Waals surface area contributed by atoms with E-state index >= 15 is 0 Å². The number of nitrogens with zero attached hydrogens (tertiary/aromatic N) is 3. The average Bonchev–Trinajstić information content (AvgIpc) is 2.84. The number of ether oxygens (including phenoxy) is 2. The molecule has 0 bridgehead atoms. The Bertz CT molecular complexity index is 592. The lowest BCUT2D eigenvalue weighted by molar-refractivity contribution is 0.352. The van der Waals surface area contributed by atoms with E-state index in [1.54, 1.807) is 26.0 Å². The topological polar surface area (TPSA) is 75.2 Å². The highest BCUT2D eigenvalue weighted by Gasteiger charge is 2.12. The summed E-state index contributed by atoms with van der Waals surface area (Å²) in [5, 5.41) is 8.99. The molecule has 0 aliphatic rings. The first-order valence-corrected chi connectivity index (χ1v) is 7.10. The summed E-state index contributed by atoms with van der Waals surface area (Å²) in [6, 6.07) is 5.83. The van der Waals surface area contributed by atoms with Crippen molar-refractivity contribution in [2.24, 2.45) is 12.8 Å². The molecule has 0 amide bonds. The molecular formula is C13H19ClN4O2S. The van der Waals surface area contributed by atoms with E-state index in [1.807, 2.05) is 29.8 Å². The fraction of sp³-hybridized carbons (Fsp3) is 0.385. The molecule has 0 saturated heterocycles. The zero-order valence-electron chi connectivity index (χ0n) is 12.2. The van der Waals surface area contributed by atoms with Gasteiger partial charge in [-0.1, -0.05) is 23.9 Å². The first-order valence-electron chi connectivity index (χ1n) is 6.12. The number of para-hydroxylation sites is 1. The van der Waals surface area contributed by atoms with Gasteiger partial charge in [-0.15, -0.1) is 22.6 Å². The molecule has 0 radical (unpaired) electrons. The van der Waals surface area contributed by atoms with Crippen molar-refractivity contribution >= 4 is 24.2 Å². The second-order valence-electron chi connectivity index (χ2n) is 4.10. The first kappa shape index (κ1) is 17.6. The predicted octanol–water partition coefficient (Wildman–Crippen LogP) is 2.01. The molecule has 0 unspecified atom stereocenters. The minimum absolute atomic E-state index is 0. The van der Waals surface area contributed by atoms with Crippen molar-refractivity contribution in [3.8, 4) is 11.5 Å². The van der Waals surface area contributed by atoms with Crippen LogP contribution in [0.4, 0.5) is 0 Å². The summed E-state index contributed by atoms with van der Waals surface area (Å²) >= 11 is 1.58. The normalized spacial score (nSPS) is 10.1. The van der Waals surface area contributed by atoms with E-state index in [0.29, 0.717) is 6.54 Å². The molecule has 6 nitrogen and oxygen atoms in total. The standard InChI is InChI=1S/C13H18N4O2S.ClH/c1-17-11(7-14)15-16-13(17)20-8-9-5-4-6-10(18-2)12(9)19-3;/h4-6H,7-8,14H2,1-3H3;1H. The largest absolute Gasteiger partial charge is 0.493 e. The van der Waals surface area contributed by atoms with Crippen molar-refractivity contribution in [2.45, 2.75) is 17.5 Å². The summed E-state index contributed by atoms with van der Waals surface area (Å²) in [4.78, 5) is 0. The van der Waals surface area contributed by atoms with Crippen LogP contribution < -0.4 is 15.2 Å². The highest BCUT2D eigenvalue weighted by molar-refractivity contribution is 7.98. The van der Waals surface area contributed by atoms with E-state index in [4.69, 9.17) is 15.2 Å². The minimum atomic E-state index is 0. The molecule has 0 atom stereocenters. The molecule has 0 aliphatic heterocycles. The first-order chi connectivity index (χ1) is 9.71. The van der Waals surface area contributed by atoms with Gasteiger partial charge in [0, 0.05) is 18.4 Å². The van der Waals surface area contributed by atoms with Crippen LogP contribution in [0.15, 0.2) is 23.4 Å². The quantitative estimate of drug-likeness (QED) is 0.817. The second kappa shape index (κ2) is 8.11. The summed E-state index contributed by atoms with van der Waals surface area (Å²) in [6.07, 6.45) is 0. The summed E-state index contributed by atoms with van der Waals surface area (Å²) < 4.78 is 12.6. The van der Waals surface area contributed by atoms with Gasteiger partial charge in [0.25, 0.3) is 0 Å². The van der Waals surface area contributed by atoms with Gasteiger partial charge in [0.05, 0.1) is 20.8 Å². The average molecular weight is 331 g/mol. The van der Waals surface area contributed by atoms with Crippen LogP contribution in [0.25, 0.3) is 0 Å². The van der Waals surface area contributed by atoms with E-state index in [1.165, 1.54) is 0 Å². The maximum atomic E-state index is 5.59. The van der Waals surface area contributed by atoms with Crippen LogP contribution >= 0.6 is 24.2 Å². The van der Waals surface area contributed by atoms with Crippen LogP contribution in [0.2, 0.25) is 0 Å². The summed E-state index contributed by atoms with van der Waals surface area (Å²) in [6.45, 7) is 0.381. The van der Waals surface area contributed by atoms with Crippen molar-refractivity contribution in [1.29, 1.82) is 0 Å². The molecule has 2 aromatic rings. The van der Waals surface area contributed by atoms with Crippen molar-refractivity contribution in [3.63, 3.8) is 0 Å². The van der Waals surface area contributed by atoms with E-state index in [2.05, 4.69) is 10.2 Å². The fourth-order valence-electron chi connectivity index (χ4n) is 1.86. The van der Waals surface area contributed by atoms with Crippen molar-refractivity contribution in [1.82, 2.24) is 14.8 Å². The van der Waals surface area contributed by atoms with Crippen molar-refractivity contribution < 1.29 is 9.47 Å². The van der Waals surface area contributed by atoms with E-state index in [9.17, 15) is 0 Å². The van der Waals surface area contributed by atoms with E-state index in [0.717, 1.165) is 33.8 Å². The third kappa shape index (κ3) is 3.81. The van der Waals surface area contributed by atoms with Crippen LogP contribution in [0.1, 0.15) is 11.4 Å². The molecule has 0 spiro atoms. The molecule has 0 fully saturated rings. The zero-order valence-corrected chi connectivity index (χ0v) is 13.8. The third-order valence-electron chi connectivity index (χ3n) is 2.95. The molecule has 1 aromatic carbocycles. The number of nitrogens with two attached hydrogens (primary N) is 1. The number of thioether (sulfide) groups is 1. The Kier molecular flexibility index (Phi) is 6.80. The summed E-state index contributed by atoms with van der Waals surface area (Å²) in [5.41, 5.74) is 6.64. The molecule has 1 aromatic heterocycles. The smallest absolute Gasteiger partial charge is 0.191 e. The lowest BCUT2D eigenvalue weighted by Gasteiger charge is -2.12. The number of aromatic nitrogens is 3. The Morgan fingerprint density at radius 3 is 2.57 bits per heavy atom. The van der Waals surface area contributed by atoms with Gasteiger partial charge in [-0.3, -0.25) is 0 Å². The lowest BCUT2D eigenvalue weighted by atomic mass is 10.2. The van der Waals surface area contributed by atoms with E-state index in [-0.39, 0.29) is 12.4 Å². The van der Waals surface area contributed by atoms with Crippen molar-refractivity contribution in [3.05, 3.63) is 29.6 Å². The lowest BCUT2D eigenvalue weighted by Crippen LogP contribution is -2.05. The van der Waals surface area contributed by atoms with Gasteiger partial charge in [0.1, 0.15) is 5.82 Å². The Labute approximate surface area is 134 Å². The zero-order chi connectivity index (χ0) is 14.5. The fourth-order valence-corrected chi connectivity index (χ4v) is 2.77. The molecule has 0 aliphatic carbocycles. The van der Waals surface area contributed by atoms with Gasteiger partial charge in [-0.05, 0) is 6.07 Å². The third-order valence-corrected chi connectivity index (χ3v) is 4.02. The molecule has 1 heterocycles. The van der Waals surface area contributed by atoms with Crippen molar-refractivity contribution in [2.75, 3.05) is 14.2 Å². The second-order valence-corrected chi connectivity index (χ2v) is 5.05. The SMILES string of the molecule is COc1cccc(CSc2nnc(CN)n2C)c1OC.Cl. The van der Waals surface area contributed by atoms with Gasteiger partial charge < -0.3 is 19.8 Å². The van der Waals surface area contributed by atoms with Crippen LogP contribution in [0, 0.1) is 0 Å². The van der Waals surface area contributed by atoms with Gasteiger partial charge >= 0.3 is 0 Å². The van der Waals surface area contributed by atoms with Crippen LogP contribution in [-0.4, -0.2) is 29.0 Å². The highest BCUT2D eigenvalue weighted by Crippen LogP contribution is 2.34. The van der Waals surface area contributed by atoms with Gasteiger partial charge in [-0.2, -0.15) is 0 Å². The van der Waals surface area contributed by atoms with Gasteiger partial charge in [0.15, 0.2) is 16.7 Å². The molecule has 8 heteroatoms. The van der Waals surface area contributed by atoms with Crippen LogP contribution in [-0.2, 0) is 19.3 Å².